The molecule has 19 heavy (non-hydrogen) atoms. The molecule has 1 aromatic heterocycles. The van der Waals surface area contributed by atoms with Crippen molar-refractivity contribution in [1.82, 2.24) is 14.8 Å². The molecule has 1 N–H and O–H groups in total. The normalized spacial score (nSPS) is 23.1. The van der Waals surface area contributed by atoms with E-state index in [1.165, 1.54) is 12.8 Å². The Morgan fingerprint density at radius 2 is 2.26 bits per heavy atom. The number of hydrogen-bond acceptors (Lipinski definition) is 2. The maximum atomic E-state index is 12.6. The van der Waals surface area contributed by atoms with Gasteiger partial charge in [-0.2, -0.15) is 0 Å². The molecule has 1 saturated heterocycles. The first-order valence-electron chi connectivity index (χ1n) is 7.00. The molecule has 0 spiro atoms. The third-order valence-corrected chi connectivity index (χ3v) is 4.47. The number of halogens is 1. The first kappa shape index (κ1) is 13.2. The van der Waals surface area contributed by atoms with E-state index in [1.54, 1.807) is 0 Å². The number of carbonyl (C=O) groups excluding carboxylic acids is 1. The van der Waals surface area contributed by atoms with Crippen LogP contribution in [0.4, 0.5) is 0 Å². The SMILES string of the molecule is CNCC1CCN(C(=O)c2cc(Br)cn2C2CC2)C1. The van der Waals surface area contributed by atoms with Crippen LogP contribution in [0, 0.1) is 5.92 Å². The second-order valence-electron chi connectivity index (χ2n) is 5.65. The van der Waals surface area contributed by atoms with E-state index in [0.29, 0.717) is 12.0 Å². The van der Waals surface area contributed by atoms with Gasteiger partial charge in [0, 0.05) is 29.8 Å². The molecule has 1 aromatic rings. The molecular formula is C14H20BrN3O. The first-order chi connectivity index (χ1) is 9.19. The minimum atomic E-state index is 0.191. The van der Waals surface area contributed by atoms with Crippen molar-refractivity contribution >= 4 is 21.8 Å². The minimum absolute atomic E-state index is 0.191. The van der Waals surface area contributed by atoms with Crippen LogP contribution in [0.3, 0.4) is 0 Å². The van der Waals surface area contributed by atoms with E-state index in [9.17, 15) is 4.79 Å². The van der Waals surface area contributed by atoms with Gasteiger partial charge in [0.25, 0.3) is 5.91 Å². The van der Waals surface area contributed by atoms with Crippen LogP contribution in [-0.2, 0) is 0 Å². The molecule has 2 heterocycles. The van der Waals surface area contributed by atoms with Gasteiger partial charge in [-0.05, 0) is 60.8 Å². The highest BCUT2D eigenvalue weighted by Gasteiger charge is 2.32. The van der Waals surface area contributed by atoms with Crippen molar-refractivity contribution in [2.45, 2.75) is 25.3 Å². The zero-order chi connectivity index (χ0) is 13.4. The molecule has 104 valence electrons. The Morgan fingerprint density at radius 3 is 2.95 bits per heavy atom. The molecule has 1 unspecified atom stereocenters. The van der Waals surface area contributed by atoms with E-state index in [4.69, 9.17) is 0 Å². The standard InChI is InChI=1S/C14H20BrN3O/c1-16-7-10-4-5-17(8-10)14(19)13-6-11(15)9-18(13)12-2-3-12/h6,9-10,12,16H,2-5,7-8H2,1H3. The van der Waals surface area contributed by atoms with E-state index in [2.05, 4.69) is 25.8 Å². The maximum Gasteiger partial charge on any atom is 0.270 e. The zero-order valence-electron chi connectivity index (χ0n) is 11.2. The second-order valence-corrected chi connectivity index (χ2v) is 6.56. The summed E-state index contributed by atoms with van der Waals surface area (Å²) in [7, 11) is 1.97. The topological polar surface area (TPSA) is 37.3 Å². The van der Waals surface area contributed by atoms with Gasteiger partial charge in [-0.25, -0.2) is 0 Å². The Labute approximate surface area is 122 Å². The Morgan fingerprint density at radius 1 is 1.47 bits per heavy atom. The third kappa shape index (κ3) is 2.72. The average molecular weight is 326 g/mol. The van der Waals surface area contributed by atoms with Crippen molar-refractivity contribution in [2.24, 2.45) is 5.92 Å². The number of amides is 1. The number of nitrogens with one attached hydrogen (secondary N) is 1. The minimum Gasteiger partial charge on any atom is -0.339 e. The fourth-order valence-electron chi connectivity index (χ4n) is 2.91. The van der Waals surface area contributed by atoms with Gasteiger partial charge in [0.1, 0.15) is 5.69 Å². The van der Waals surface area contributed by atoms with Gasteiger partial charge in [0.05, 0.1) is 0 Å². The molecule has 1 saturated carbocycles. The summed E-state index contributed by atoms with van der Waals surface area (Å²) in [5, 5.41) is 3.20. The van der Waals surface area contributed by atoms with Crippen LogP contribution in [0.25, 0.3) is 0 Å². The van der Waals surface area contributed by atoms with Crippen molar-refractivity contribution in [3.8, 4) is 0 Å². The second kappa shape index (κ2) is 5.29. The molecule has 1 amide bonds. The van der Waals surface area contributed by atoms with Crippen LogP contribution in [0.5, 0.6) is 0 Å². The van der Waals surface area contributed by atoms with Gasteiger partial charge in [0.2, 0.25) is 0 Å². The Kier molecular flexibility index (Phi) is 3.67. The van der Waals surface area contributed by atoms with Gasteiger partial charge in [-0.3, -0.25) is 4.79 Å². The maximum absolute atomic E-state index is 12.6. The van der Waals surface area contributed by atoms with Crippen LogP contribution in [0.1, 0.15) is 35.8 Å². The van der Waals surface area contributed by atoms with Crippen molar-refractivity contribution in [3.63, 3.8) is 0 Å². The first-order valence-corrected chi connectivity index (χ1v) is 7.79. The molecular weight excluding hydrogens is 306 g/mol. The lowest BCUT2D eigenvalue weighted by Crippen LogP contribution is -2.31. The molecule has 1 atom stereocenters. The fourth-order valence-corrected chi connectivity index (χ4v) is 3.34. The summed E-state index contributed by atoms with van der Waals surface area (Å²) in [6.07, 6.45) is 5.55. The molecule has 0 radical (unpaired) electrons. The smallest absolute Gasteiger partial charge is 0.270 e. The summed E-state index contributed by atoms with van der Waals surface area (Å²) in [6.45, 7) is 2.77. The van der Waals surface area contributed by atoms with Crippen LogP contribution in [0.15, 0.2) is 16.7 Å². The summed E-state index contributed by atoms with van der Waals surface area (Å²) >= 11 is 3.49. The van der Waals surface area contributed by atoms with Gasteiger partial charge in [0.15, 0.2) is 0 Å². The van der Waals surface area contributed by atoms with E-state index >= 15 is 0 Å². The van der Waals surface area contributed by atoms with Crippen molar-refractivity contribution in [3.05, 3.63) is 22.4 Å². The van der Waals surface area contributed by atoms with Gasteiger partial charge < -0.3 is 14.8 Å². The summed E-state index contributed by atoms with van der Waals surface area (Å²) in [5.41, 5.74) is 0.847. The highest BCUT2D eigenvalue weighted by molar-refractivity contribution is 9.10. The van der Waals surface area contributed by atoms with E-state index in [0.717, 1.165) is 36.2 Å². The van der Waals surface area contributed by atoms with Crippen LogP contribution >= 0.6 is 15.9 Å². The highest BCUT2D eigenvalue weighted by Crippen LogP contribution is 2.38. The summed E-state index contributed by atoms with van der Waals surface area (Å²) < 4.78 is 3.16. The summed E-state index contributed by atoms with van der Waals surface area (Å²) in [5.74, 6) is 0.790. The van der Waals surface area contributed by atoms with Crippen LogP contribution in [0.2, 0.25) is 0 Å². The van der Waals surface area contributed by atoms with Crippen LogP contribution < -0.4 is 5.32 Å². The molecule has 2 fully saturated rings. The van der Waals surface area contributed by atoms with E-state index < -0.39 is 0 Å². The lowest BCUT2D eigenvalue weighted by atomic mass is 10.1. The zero-order valence-corrected chi connectivity index (χ0v) is 12.8. The number of carbonyl (C=O) groups is 1. The monoisotopic (exact) mass is 325 g/mol. The van der Waals surface area contributed by atoms with Gasteiger partial charge in [-0.15, -0.1) is 0 Å². The molecule has 1 aliphatic heterocycles. The Balaban J connectivity index is 1.73. The predicted molar refractivity (Wildman–Crippen MR) is 78.3 cm³/mol. The summed E-state index contributed by atoms with van der Waals surface area (Å²) in [6, 6.07) is 2.51. The molecule has 3 rings (SSSR count). The highest BCUT2D eigenvalue weighted by atomic mass is 79.9. The number of rotatable bonds is 4. The van der Waals surface area contributed by atoms with Gasteiger partial charge >= 0.3 is 0 Å². The number of hydrogen-bond donors (Lipinski definition) is 1. The molecule has 0 aromatic carbocycles. The Bertz CT molecular complexity index is 481. The van der Waals surface area contributed by atoms with Crippen molar-refractivity contribution < 1.29 is 4.79 Å². The Hall–Kier alpha value is -0.810. The third-order valence-electron chi connectivity index (χ3n) is 4.04. The summed E-state index contributed by atoms with van der Waals surface area (Å²) in [4.78, 5) is 14.6. The van der Waals surface area contributed by atoms with Crippen molar-refractivity contribution in [1.29, 1.82) is 0 Å². The fraction of sp³-hybridized carbons (Fsp3) is 0.643. The average Bonchev–Trinajstić information content (AvgIpc) is 3.01. The van der Waals surface area contributed by atoms with Gasteiger partial charge in [-0.1, -0.05) is 0 Å². The molecule has 0 bridgehead atoms. The van der Waals surface area contributed by atoms with Crippen molar-refractivity contribution in [2.75, 3.05) is 26.7 Å². The van der Waals surface area contributed by atoms with Crippen LogP contribution in [-0.4, -0.2) is 42.1 Å². The largest absolute Gasteiger partial charge is 0.339 e. The van der Waals surface area contributed by atoms with E-state index in [1.807, 2.05) is 24.2 Å². The predicted octanol–water partition coefficient (Wildman–Crippen LogP) is 2.27. The molecule has 2 aliphatic rings. The number of likely N-dealkylation sites (tertiary alicyclic amines) is 1. The van der Waals surface area contributed by atoms with E-state index in [-0.39, 0.29) is 5.91 Å². The molecule has 5 heteroatoms. The lowest BCUT2D eigenvalue weighted by molar-refractivity contribution is 0.0776. The quantitative estimate of drug-likeness (QED) is 0.922. The number of nitrogens with zero attached hydrogens (tertiary/aromatic N) is 2. The molecule has 4 nitrogen and oxygen atoms in total. The molecule has 1 aliphatic carbocycles. The lowest BCUT2D eigenvalue weighted by Gasteiger charge is -2.17. The number of aromatic nitrogens is 1.